The van der Waals surface area contributed by atoms with Crippen LogP contribution in [0.1, 0.15) is 5.56 Å². The van der Waals surface area contributed by atoms with Crippen LogP contribution in [-0.4, -0.2) is 10.9 Å². The maximum atomic E-state index is 12.7. The van der Waals surface area contributed by atoms with E-state index in [1.807, 2.05) is 0 Å². The Balaban J connectivity index is 3.00. The molecule has 0 aliphatic rings. The molecule has 3 nitrogen and oxygen atoms in total. The Bertz CT molecular complexity index is 312. The topological polar surface area (TPSA) is 70.1 Å². The predicted octanol–water partition coefficient (Wildman–Crippen LogP) is 1.01. The van der Waals surface area contributed by atoms with Crippen molar-refractivity contribution >= 4 is 5.84 Å². The number of benzene rings is 1. The van der Waals surface area contributed by atoms with E-state index in [-0.39, 0.29) is 12.3 Å². The fourth-order valence-electron chi connectivity index (χ4n) is 0.908. The van der Waals surface area contributed by atoms with Crippen LogP contribution in [0.25, 0.3) is 0 Å². The fourth-order valence-corrected chi connectivity index (χ4v) is 0.908. The van der Waals surface area contributed by atoms with Crippen LogP contribution in [0.3, 0.4) is 0 Å². The van der Waals surface area contributed by atoms with E-state index >= 15 is 0 Å². The normalized spacial score (nSPS) is 9.75. The van der Waals surface area contributed by atoms with E-state index in [2.05, 4.69) is 0 Å². The molecule has 0 amide bonds. The van der Waals surface area contributed by atoms with E-state index in [0.29, 0.717) is 5.56 Å². The van der Waals surface area contributed by atoms with E-state index in [1.54, 1.807) is 0 Å². The van der Waals surface area contributed by atoms with Crippen LogP contribution in [0, 0.1) is 11.2 Å². The highest BCUT2D eigenvalue weighted by molar-refractivity contribution is 5.80. The molecule has 1 rings (SSSR count). The summed E-state index contributed by atoms with van der Waals surface area (Å²) in [6.07, 6.45) is 0.0730. The summed E-state index contributed by atoms with van der Waals surface area (Å²) in [4.78, 5) is 0. The van der Waals surface area contributed by atoms with Crippen LogP contribution in [0.4, 0.5) is 4.39 Å². The van der Waals surface area contributed by atoms with Crippen LogP contribution in [0.15, 0.2) is 18.2 Å². The van der Waals surface area contributed by atoms with E-state index in [9.17, 15) is 4.39 Å². The molecule has 1 aromatic rings. The summed E-state index contributed by atoms with van der Waals surface area (Å²) in [5.74, 6) is -1.21. The number of hydrogen-bond donors (Lipinski definition) is 3. The predicted molar refractivity (Wildman–Crippen MR) is 43.7 cm³/mol. The number of hydrogen-bond acceptors (Lipinski definition) is 2. The van der Waals surface area contributed by atoms with Crippen LogP contribution in [-0.2, 0) is 6.42 Å². The monoisotopic (exact) mass is 168 g/mol. The van der Waals surface area contributed by atoms with Gasteiger partial charge in [-0.15, -0.1) is 0 Å². The third-order valence-electron chi connectivity index (χ3n) is 1.45. The molecule has 0 aromatic heterocycles. The molecule has 4 heteroatoms. The van der Waals surface area contributed by atoms with Gasteiger partial charge in [-0.05, 0) is 6.07 Å². The molecule has 0 saturated heterocycles. The average molecular weight is 168 g/mol. The Labute approximate surface area is 69.1 Å². The van der Waals surface area contributed by atoms with Crippen molar-refractivity contribution in [1.82, 2.24) is 0 Å². The molecule has 4 N–H and O–H groups in total. The zero-order valence-corrected chi connectivity index (χ0v) is 6.34. The third-order valence-corrected chi connectivity index (χ3v) is 1.45. The van der Waals surface area contributed by atoms with Crippen molar-refractivity contribution in [2.24, 2.45) is 5.73 Å². The van der Waals surface area contributed by atoms with Gasteiger partial charge in [0.05, 0.1) is 5.84 Å². The third kappa shape index (κ3) is 1.72. The highest BCUT2D eigenvalue weighted by Gasteiger charge is 2.06. The second-order valence-electron chi connectivity index (χ2n) is 2.45. The van der Waals surface area contributed by atoms with Gasteiger partial charge in [-0.2, -0.15) is 0 Å². The number of aromatic hydroxyl groups is 1. The zero-order chi connectivity index (χ0) is 9.14. The molecule has 0 aliphatic carbocycles. The van der Waals surface area contributed by atoms with Crippen LogP contribution in [0.2, 0.25) is 0 Å². The van der Waals surface area contributed by atoms with Gasteiger partial charge in [0.1, 0.15) is 0 Å². The van der Waals surface area contributed by atoms with Crippen molar-refractivity contribution in [3.05, 3.63) is 29.6 Å². The molecule has 64 valence electrons. The summed E-state index contributed by atoms with van der Waals surface area (Å²) in [5.41, 5.74) is 5.43. The summed E-state index contributed by atoms with van der Waals surface area (Å²) in [6, 6.07) is 4.14. The lowest BCUT2D eigenvalue weighted by Crippen LogP contribution is -2.12. The van der Waals surface area contributed by atoms with Crippen LogP contribution >= 0.6 is 0 Å². The van der Waals surface area contributed by atoms with E-state index in [4.69, 9.17) is 16.2 Å². The summed E-state index contributed by atoms with van der Waals surface area (Å²) in [6.45, 7) is 0. The zero-order valence-electron chi connectivity index (χ0n) is 6.34. The Kier molecular flexibility index (Phi) is 2.28. The molecule has 12 heavy (non-hydrogen) atoms. The smallest absolute Gasteiger partial charge is 0.165 e. The van der Waals surface area contributed by atoms with Crippen molar-refractivity contribution in [3.63, 3.8) is 0 Å². The van der Waals surface area contributed by atoms with Crippen molar-refractivity contribution in [3.8, 4) is 5.75 Å². The number of nitrogens with one attached hydrogen (secondary N) is 1. The van der Waals surface area contributed by atoms with Crippen molar-refractivity contribution in [2.75, 3.05) is 0 Å². The van der Waals surface area contributed by atoms with Gasteiger partial charge in [0, 0.05) is 12.0 Å². The molecular weight excluding hydrogens is 159 g/mol. The van der Waals surface area contributed by atoms with E-state index < -0.39 is 11.6 Å². The number of amidine groups is 1. The summed E-state index contributed by atoms with van der Waals surface area (Å²) >= 11 is 0. The van der Waals surface area contributed by atoms with E-state index in [0.717, 1.165) is 6.07 Å². The Morgan fingerprint density at radius 3 is 2.83 bits per heavy atom. The largest absolute Gasteiger partial charge is 0.505 e. The number of para-hydroxylation sites is 1. The van der Waals surface area contributed by atoms with Gasteiger partial charge in [0.2, 0.25) is 0 Å². The molecule has 0 spiro atoms. The van der Waals surface area contributed by atoms with Gasteiger partial charge in [0.25, 0.3) is 0 Å². The minimum Gasteiger partial charge on any atom is -0.505 e. The van der Waals surface area contributed by atoms with Crippen LogP contribution < -0.4 is 5.73 Å². The second-order valence-corrected chi connectivity index (χ2v) is 2.45. The Hall–Kier alpha value is -1.58. The lowest BCUT2D eigenvalue weighted by molar-refractivity contribution is 0.427. The number of nitrogens with two attached hydrogens (primary N) is 1. The molecule has 0 atom stereocenters. The second kappa shape index (κ2) is 3.21. The lowest BCUT2D eigenvalue weighted by Gasteiger charge is -2.02. The maximum Gasteiger partial charge on any atom is 0.165 e. The SMILES string of the molecule is N=C(N)Cc1cccc(F)c1O. The Morgan fingerprint density at radius 2 is 2.25 bits per heavy atom. The van der Waals surface area contributed by atoms with Gasteiger partial charge in [-0.3, -0.25) is 5.41 Å². The van der Waals surface area contributed by atoms with Gasteiger partial charge in [-0.1, -0.05) is 12.1 Å². The van der Waals surface area contributed by atoms with Gasteiger partial charge >= 0.3 is 0 Å². The molecule has 0 fully saturated rings. The van der Waals surface area contributed by atoms with Gasteiger partial charge < -0.3 is 10.8 Å². The summed E-state index contributed by atoms with van der Waals surface area (Å²) in [5, 5.41) is 16.1. The summed E-state index contributed by atoms with van der Waals surface area (Å²) in [7, 11) is 0. The van der Waals surface area contributed by atoms with E-state index in [1.165, 1.54) is 12.1 Å². The minimum absolute atomic E-state index is 0.0730. The molecule has 0 unspecified atom stereocenters. The minimum atomic E-state index is -0.686. The van der Waals surface area contributed by atoms with Crippen molar-refractivity contribution in [1.29, 1.82) is 5.41 Å². The fraction of sp³-hybridized carbons (Fsp3) is 0.125. The molecular formula is C8H9FN2O. The highest BCUT2D eigenvalue weighted by atomic mass is 19.1. The highest BCUT2D eigenvalue weighted by Crippen LogP contribution is 2.20. The van der Waals surface area contributed by atoms with Crippen LogP contribution in [0.5, 0.6) is 5.75 Å². The first-order chi connectivity index (χ1) is 5.61. The first-order valence-corrected chi connectivity index (χ1v) is 3.40. The first kappa shape index (κ1) is 8.52. The maximum absolute atomic E-state index is 12.7. The van der Waals surface area contributed by atoms with Crippen molar-refractivity contribution < 1.29 is 9.50 Å². The Morgan fingerprint density at radius 1 is 1.58 bits per heavy atom. The molecule has 0 heterocycles. The van der Waals surface area contributed by atoms with Crippen molar-refractivity contribution in [2.45, 2.75) is 6.42 Å². The number of halogens is 1. The quantitative estimate of drug-likeness (QED) is 0.455. The average Bonchev–Trinajstić information content (AvgIpc) is 1.98. The molecule has 0 radical (unpaired) electrons. The lowest BCUT2D eigenvalue weighted by atomic mass is 10.1. The van der Waals surface area contributed by atoms with Gasteiger partial charge in [0.15, 0.2) is 11.6 Å². The summed E-state index contributed by atoms with van der Waals surface area (Å²) < 4.78 is 12.7. The number of phenols is 1. The first-order valence-electron chi connectivity index (χ1n) is 3.40. The molecule has 0 saturated carbocycles. The standard InChI is InChI=1S/C8H9FN2O/c9-6-3-1-2-5(8(6)12)4-7(10)11/h1-3,12H,4H2,(H3,10,11). The molecule has 1 aromatic carbocycles. The number of phenolic OH excluding ortho intramolecular Hbond substituents is 1. The van der Waals surface area contributed by atoms with Gasteiger partial charge in [-0.25, -0.2) is 4.39 Å². The number of rotatable bonds is 2. The molecule has 0 aliphatic heterocycles. The molecule has 0 bridgehead atoms.